The number of ether oxygens (including phenoxy) is 1. The maximum atomic E-state index is 11.4. The van der Waals surface area contributed by atoms with Crippen molar-refractivity contribution in [1.29, 1.82) is 0 Å². The Morgan fingerprint density at radius 2 is 2.42 bits per heavy atom. The number of aldehydes is 1. The van der Waals surface area contributed by atoms with Crippen molar-refractivity contribution < 1.29 is 19.4 Å². The van der Waals surface area contributed by atoms with Gasteiger partial charge in [-0.1, -0.05) is 0 Å². The van der Waals surface area contributed by atoms with Gasteiger partial charge in [-0.3, -0.25) is 14.7 Å². The summed E-state index contributed by atoms with van der Waals surface area (Å²) in [6.07, 6.45) is 3.19. The number of aryl methyl sites for hydroxylation is 1. The van der Waals surface area contributed by atoms with Crippen LogP contribution in [0.3, 0.4) is 0 Å². The molecular weight excluding hydrogens is 356 g/mol. The van der Waals surface area contributed by atoms with E-state index in [4.69, 9.17) is 9.84 Å². The standard InChI is InChI=1S/C17H20N4O4S/c1-11-10-26-17(19-11)16-18-6-12(9-22)14(20-16)8-21-4-5-25-13(7-21)2-3-15(23)24/h2-3,9-10,13H,4-8H2,1H3,(H,18,20)(H,23,24)/b3-2+/t13-/m1/s1. The highest BCUT2D eigenvalue weighted by atomic mass is 32.1. The highest BCUT2D eigenvalue weighted by Gasteiger charge is 2.23. The summed E-state index contributed by atoms with van der Waals surface area (Å²) >= 11 is 1.51. The molecule has 3 rings (SSSR count). The lowest BCUT2D eigenvalue weighted by atomic mass is 10.1. The number of carbonyl (C=O) groups is 2. The molecule has 1 aromatic heterocycles. The Balaban J connectivity index is 1.67. The van der Waals surface area contributed by atoms with Gasteiger partial charge in [0, 0.05) is 48.1 Å². The number of aliphatic imine (C=N–C) groups is 1. The molecule has 0 saturated carbocycles. The van der Waals surface area contributed by atoms with E-state index in [0.717, 1.165) is 28.8 Å². The van der Waals surface area contributed by atoms with Crippen molar-refractivity contribution in [3.63, 3.8) is 0 Å². The van der Waals surface area contributed by atoms with Crippen LogP contribution in [0.2, 0.25) is 0 Å². The molecule has 8 nitrogen and oxygen atoms in total. The Hall–Kier alpha value is -2.36. The number of carboxylic acid groups (broad SMARTS) is 1. The first-order chi connectivity index (χ1) is 12.5. The molecule has 0 aromatic carbocycles. The molecule has 1 saturated heterocycles. The number of aromatic nitrogens is 1. The van der Waals surface area contributed by atoms with Gasteiger partial charge in [0.15, 0.2) is 10.8 Å². The number of morpholine rings is 1. The number of carboxylic acids is 1. The Kier molecular flexibility index (Phi) is 5.92. The molecule has 9 heteroatoms. The number of nitrogens with zero attached hydrogens (tertiary/aromatic N) is 3. The number of nitrogens with one attached hydrogen (secondary N) is 1. The number of hydrogen-bond donors (Lipinski definition) is 2. The number of thiazole rings is 1. The van der Waals surface area contributed by atoms with Gasteiger partial charge in [0.2, 0.25) is 0 Å². The summed E-state index contributed by atoms with van der Waals surface area (Å²) in [5.41, 5.74) is 2.36. The fraction of sp³-hybridized carbons (Fsp3) is 0.412. The molecule has 138 valence electrons. The summed E-state index contributed by atoms with van der Waals surface area (Å²) in [7, 11) is 0. The molecule has 26 heavy (non-hydrogen) atoms. The third-order valence-electron chi connectivity index (χ3n) is 4.04. The zero-order valence-corrected chi connectivity index (χ0v) is 15.2. The topological polar surface area (TPSA) is 104 Å². The fourth-order valence-electron chi connectivity index (χ4n) is 2.76. The van der Waals surface area contributed by atoms with Crippen molar-refractivity contribution in [2.45, 2.75) is 13.0 Å². The van der Waals surface area contributed by atoms with E-state index >= 15 is 0 Å². The van der Waals surface area contributed by atoms with Crippen molar-refractivity contribution in [2.24, 2.45) is 4.99 Å². The van der Waals surface area contributed by atoms with E-state index < -0.39 is 5.97 Å². The van der Waals surface area contributed by atoms with E-state index in [0.29, 0.717) is 44.2 Å². The molecule has 2 N–H and O–H groups in total. The minimum absolute atomic E-state index is 0.279. The summed E-state index contributed by atoms with van der Waals surface area (Å²) < 4.78 is 5.56. The number of aliphatic carboxylic acids is 1. The van der Waals surface area contributed by atoms with Crippen LogP contribution in [0.25, 0.3) is 0 Å². The van der Waals surface area contributed by atoms with Crippen LogP contribution in [0.15, 0.2) is 33.8 Å². The summed E-state index contributed by atoms with van der Waals surface area (Å²) in [5.74, 6) is -0.315. The molecule has 0 aliphatic carbocycles. The summed E-state index contributed by atoms with van der Waals surface area (Å²) in [5, 5.41) is 14.8. The van der Waals surface area contributed by atoms with Crippen LogP contribution in [0.5, 0.6) is 0 Å². The lowest BCUT2D eigenvalue weighted by Crippen LogP contribution is -2.45. The predicted octanol–water partition coefficient (Wildman–Crippen LogP) is 0.596. The first-order valence-corrected chi connectivity index (χ1v) is 9.09. The molecule has 0 bridgehead atoms. The van der Waals surface area contributed by atoms with Gasteiger partial charge in [0.25, 0.3) is 0 Å². The van der Waals surface area contributed by atoms with E-state index in [1.54, 1.807) is 6.08 Å². The van der Waals surface area contributed by atoms with Gasteiger partial charge in [-0.05, 0) is 13.0 Å². The van der Waals surface area contributed by atoms with Crippen molar-refractivity contribution >= 4 is 29.4 Å². The van der Waals surface area contributed by atoms with Crippen LogP contribution in [-0.4, -0.2) is 72.0 Å². The number of rotatable bonds is 6. The largest absolute Gasteiger partial charge is 0.478 e. The monoisotopic (exact) mass is 376 g/mol. The molecule has 1 fully saturated rings. The molecule has 0 unspecified atom stereocenters. The third kappa shape index (κ3) is 4.63. The van der Waals surface area contributed by atoms with Crippen LogP contribution in [-0.2, 0) is 14.3 Å². The smallest absolute Gasteiger partial charge is 0.328 e. The molecule has 0 spiro atoms. The molecule has 1 aromatic rings. The molecule has 2 aliphatic rings. The molecule has 1 atom stereocenters. The van der Waals surface area contributed by atoms with Gasteiger partial charge in [0.1, 0.15) is 6.29 Å². The first kappa shape index (κ1) is 18.4. The van der Waals surface area contributed by atoms with E-state index in [1.165, 1.54) is 11.3 Å². The highest BCUT2D eigenvalue weighted by molar-refractivity contribution is 7.11. The van der Waals surface area contributed by atoms with Crippen LogP contribution < -0.4 is 5.32 Å². The molecule has 2 aliphatic heterocycles. The maximum absolute atomic E-state index is 11.4. The van der Waals surface area contributed by atoms with E-state index in [-0.39, 0.29) is 6.10 Å². The Labute approximate surface area is 154 Å². The van der Waals surface area contributed by atoms with Crippen molar-refractivity contribution in [3.05, 3.63) is 39.5 Å². The second-order valence-electron chi connectivity index (χ2n) is 6.05. The number of hydrogen-bond acceptors (Lipinski definition) is 8. The van der Waals surface area contributed by atoms with Crippen molar-refractivity contribution in [3.8, 4) is 0 Å². The average Bonchev–Trinajstić information content (AvgIpc) is 3.07. The second kappa shape index (κ2) is 8.35. The Bertz CT molecular complexity index is 783. The zero-order chi connectivity index (χ0) is 18.5. The zero-order valence-electron chi connectivity index (χ0n) is 14.3. The molecule has 3 heterocycles. The summed E-state index contributed by atoms with van der Waals surface area (Å²) in [4.78, 5) is 33.0. The van der Waals surface area contributed by atoms with Crippen LogP contribution in [0, 0.1) is 6.92 Å². The van der Waals surface area contributed by atoms with Crippen LogP contribution in [0.4, 0.5) is 0 Å². The van der Waals surface area contributed by atoms with Crippen LogP contribution in [0.1, 0.15) is 10.7 Å². The van der Waals surface area contributed by atoms with E-state index in [2.05, 4.69) is 20.2 Å². The van der Waals surface area contributed by atoms with Crippen LogP contribution >= 0.6 is 11.3 Å². The van der Waals surface area contributed by atoms with Gasteiger partial charge in [-0.25, -0.2) is 9.78 Å². The highest BCUT2D eigenvalue weighted by Crippen LogP contribution is 2.16. The summed E-state index contributed by atoms with van der Waals surface area (Å²) in [6, 6.07) is 0. The lowest BCUT2D eigenvalue weighted by Gasteiger charge is -2.33. The SMILES string of the molecule is Cc1csc(C2=NCC(C=O)=C(CN3CCO[C@H](/C=C/C(=O)O)C3)N2)n1. The van der Waals surface area contributed by atoms with Gasteiger partial charge in [-0.15, -0.1) is 11.3 Å². The number of amidine groups is 1. The normalized spacial score (nSPS) is 21.6. The number of carbonyl (C=O) groups excluding carboxylic acids is 1. The Morgan fingerprint density at radius 1 is 1.58 bits per heavy atom. The van der Waals surface area contributed by atoms with Crippen molar-refractivity contribution in [2.75, 3.05) is 32.8 Å². The van der Waals surface area contributed by atoms with E-state index in [1.807, 2.05) is 12.3 Å². The van der Waals surface area contributed by atoms with E-state index in [9.17, 15) is 9.59 Å². The van der Waals surface area contributed by atoms with Gasteiger partial charge < -0.3 is 15.2 Å². The van der Waals surface area contributed by atoms with Crippen molar-refractivity contribution in [1.82, 2.24) is 15.2 Å². The minimum atomic E-state index is -0.995. The molecule has 0 amide bonds. The molecule has 0 radical (unpaired) electrons. The third-order valence-corrected chi connectivity index (χ3v) is 5.01. The minimum Gasteiger partial charge on any atom is -0.478 e. The maximum Gasteiger partial charge on any atom is 0.328 e. The fourth-order valence-corrected chi connectivity index (χ4v) is 3.52. The summed E-state index contributed by atoms with van der Waals surface area (Å²) in [6.45, 7) is 4.56. The second-order valence-corrected chi connectivity index (χ2v) is 6.91. The molecular formula is C17H20N4O4S. The lowest BCUT2D eigenvalue weighted by molar-refractivity contribution is -0.131. The van der Waals surface area contributed by atoms with Gasteiger partial charge in [-0.2, -0.15) is 0 Å². The Morgan fingerprint density at radius 3 is 3.12 bits per heavy atom. The predicted molar refractivity (Wildman–Crippen MR) is 97.4 cm³/mol. The average molecular weight is 376 g/mol. The van der Waals surface area contributed by atoms with Gasteiger partial charge in [0.05, 0.1) is 19.3 Å². The van der Waals surface area contributed by atoms with Gasteiger partial charge >= 0.3 is 5.97 Å². The quantitative estimate of drug-likeness (QED) is 0.553. The first-order valence-electron chi connectivity index (χ1n) is 8.21.